The third kappa shape index (κ3) is 5.37. The van der Waals surface area contributed by atoms with Crippen LogP contribution >= 0.6 is 0 Å². The van der Waals surface area contributed by atoms with Crippen LogP contribution in [0.1, 0.15) is 121 Å². The third-order valence-electron chi connectivity index (χ3n) is 5.53. The number of rotatable bonds is 12. The van der Waals surface area contributed by atoms with E-state index in [2.05, 4.69) is 6.92 Å². The fourth-order valence-electron chi connectivity index (χ4n) is 4.36. The zero-order valence-corrected chi connectivity index (χ0v) is 18.6. The Morgan fingerprint density at radius 1 is 0.690 bits per heavy atom. The van der Waals surface area contributed by atoms with Crippen LogP contribution < -0.4 is 17.2 Å². The van der Waals surface area contributed by atoms with E-state index < -0.39 is 23.1 Å². The van der Waals surface area contributed by atoms with Crippen LogP contribution in [0.2, 0.25) is 0 Å². The predicted molar refractivity (Wildman–Crippen MR) is 117 cm³/mol. The molecule has 6 nitrogen and oxygen atoms in total. The fraction of sp³-hybridized carbons (Fsp3) is 0.609. The van der Waals surface area contributed by atoms with Crippen LogP contribution in [-0.4, -0.2) is 17.7 Å². The topological polar surface area (TPSA) is 129 Å². The van der Waals surface area contributed by atoms with Gasteiger partial charge in [0.15, 0.2) is 0 Å². The summed E-state index contributed by atoms with van der Waals surface area (Å²) in [6.07, 6.45) is 6.29. The van der Waals surface area contributed by atoms with Gasteiger partial charge in [-0.2, -0.15) is 0 Å². The second-order valence-electron chi connectivity index (χ2n) is 8.39. The summed E-state index contributed by atoms with van der Waals surface area (Å²) in [7, 11) is 0. The Balaban J connectivity index is 4.13. The molecule has 0 radical (unpaired) electrons. The second-order valence-corrected chi connectivity index (χ2v) is 8.39. The number of primary amides is 3. The highest BCUT2D eigenvalue weighted by Crippen LogP contribution is 2.40. The number of carbonyl (C=O) groups excluding carboxylic acids is 3. The van der Waals surface area contributed by atoms with Crippen molar-refractivity contribution >= 4 is 17.7 Å². The quantitative estimate of drug-likeness (QED) is 0.459. The molecule has 6 heteroatoms. The first-order valence-electron chi connectivity index (χ1n) is 10.7. The van der Waals surface area contributed by atoms with Crippen molar-refractivity contribution in [3.8, 4) is 0 Å². The molecular weight excluding hydrogens is 366 g/mol. The van der Waals surface area contributed by atoms with Crippen molar-refractivity contribution in [2.45, 2.75) is 91.4 Å². The van der Waals surface area contributed by atoms with Crippen molar-refractivity contribution in [1.29, 1.82) is 0 Å². The maximum atomic E-state index is 12.6. The fourth-order valence-corrected chi connectivity index (χ4v) is 4.36. The lowest BCUT2D eigenvalue weighted by molar-refractivity contribution is 0.0962. The number of benzene rings is 1. The molecule has 0 spiro atoms. The molecule has 3 amide bonds. The number of carbonyl (C=O) groups is 3. The SMILES string of the molecule is CCCCCC(C)(C)c1c(CCC)c(C(N)=O)c(CCC)c(C(N)=O)c1C(N)=O. The summed E-state index contributed by atoms with van der Waals surface area (Å²) in [6, 6.07) is 0. The Kier molecular flexibility index (Phi) is 8.86. The zero-order chi connectivity index (χ0) is 22.4. The van der Waals surface area contributed by atoms with Gasteiger partial charge in [0.2, 0.25) is 17.7 Å². The molecule has 1 aromatic rings. The van der Waals surface area contributed by atoms with Gasteiger partial charge in [-0.15, -0.1) is 0 Å². The molecular formula is C23H37N3O3. The van der Waals surface area contributed by atoms with E-state index in [0.29, 0.717) is 36.0 Å². The molecule has 0 aromatic heterocycles. The molecule has 0 saturated heterocycles. The molecule has 0 aliphatic rings. The van der Waals surface area contributed by atoms with Crippen LogP contribution in [0.3, 0.4) is 0 Å². The molecule has 0 unspecified atom stereocenters. The monoisotopic (exact) mass is 403 g/mol. The Labute approximate surface area is 174 Å². The van der Waals surface area contributed by atoms with Crippen LogP contribution in [0.25, 0.3) is 0 Å². The smallest absolute Gasteiger partial charge is 0.249 e. The molecule has 29 heavy (non-hydrogen) atoms. The van der Waals surface area contributed by atoms with Crippen molar-refractivity contribution in [3.05, 3.63) is 33.4 Å². The summed E-state index contributed by atoms with van der Waals surface area (Å²) in [5, 5.41) is 0. The summed E-state index contributed by atoms with van der Waals surface area (Å²) in [6.45, 7) is 10.1. The van der Waals surface area contributed by atoms with Crippen LogP contribution in [-0.2, 0) is 18.3 Å². The minimum Gasteiger partial charge on any atom is -0.366 e. The van der Waals surface area contributed by atoms with Gasteiger partial charge in [0.1, 0.15) is 0 Å². The van der Waals surface area contributed by atoms with E-state index >= 15 is 0 Å². The van der Waals surface area contributed by atoms with Gasteiger partial charge < -0.3 is 17.2 Å². The maximum absolute atomic E-state index is 12.6. The first-order valence-corrected chi connectivity index (χ1v) is 10.7. The lowest BCUT2D eigenvalue weighted by Gasteiger charge is -2.33. The summed E-state index contributed by atoms with van der Waals surface area (Å²) < 4.78 is 0. The van der Waals surface area contributed by atoms with E-state index in [9.17, 15) is 14.4 Å². The van der Waals surface area contributed by atoms with Crippen molar-refractivity contribution < 1.29 is 14.4 Å². The molecule has 6 N–H and O–H groups in total. The van der Waals surface area contributed by atoms with E-state index in [1.54, 1.807) is 0 Å². The summed E-state index contributed by atoms with van der Waals surface area (Å²) in [5.74, 6) is -2.04. The molecule has 162 valence electrons. The minimum absolute atomic E-state index is 0.0616. The van der Waals surface area contributed by atoms with E-state index in [1.807, 2.05) is 27.7 Å². The van der Waals surface area contributed by atoms with Crippen LogP contribution in [0.15, 0.2) is 0 Å². The average Bonchev–Trinajstić information content (AvgIpc) is 2.60. The molecule has 0 heterocycles. The highest BCUT2D eigenvalue weighted by molar-refractivity contribution is 6.11. The van der Waals surface area contributed by atoms with Gasteiger partial charge >= 0.3 is 0 Å². The summed E-state index contributed by atoms with van der Waals surface area (Å²) in [4.78, 5) is 37.6. The highest BCUT2D eigenvalue weighted by Gasteiger charge is 2.36. The van der Waals surface area contributed by atoms with Gasteiger partial charge in [0, 0.05) is 5.56 Å². The molecule has 0 fully saturated rings. The average molecular weight is 404 g/mol. The first kappa shape index (κ1) is 24.7. The Bertz CT molecular complexity index is 782. The molecule has 0 aliphatic carbocycles. The van der Waals surface area contributed by atoms with Crippen LogP contribution in [0.5, 0.6) is 0 Å². The Morgan fingerprint density at radius 3 is 1.59 bits per heavy atom. The van der Waals surface area contributed by atoms with E-state index in [-0.39, 0.29) is 11.1 Å². The molecule has 0 saturated carbocycles. The van der Waals surface area contributed by atoms with Gasteiger partial charge in [-0.25, -0.2) is 0 Å². The molecule has 0 aliphatic heterocycles. The van der Waals surface area contributed by atoms with Gasteiger partial charge in [-0.05, 0) is 41.4 Å². The predicted octanol–water partition coefficient (Wildman–Crippen LogP) is 3.75. The van der Waals surface area contributed by atoms with Crippen molar-refractivity contribution in [2.24, 2.45) is 17.2 Å². The number of amides is 3. The molecule has 1 rings (SSSR count). The summed E-state index contributed by atoms with van der Waals surface area (Å²) in [5.41, 5.74) is 19.3. The van der Waals surface area contributed by atoms with Gasteiger partial charge in [0.25, 0.3) is 0 Å². The number of unbranched alkanes of at least 4 members (excludes halogenated alkanes) is 2. The zero-order valence-electron chi connectivity index (χ0n) is 18.6. The molecule has 0 atom stereocenters. The lowest BCUT2D eigenvalue weighted by atomic mass is 9.70. The van der Waals surface area contributed by atoms with Gasteiger partial charge in [-0.3, -0.25) is 14.4 Å². The Morgan fingerprint density at radius 2 is 1.17 bits per heavy atom. The van der Waals surface area contributed by atoms with Gasteiger partial charge in [-0.1, -0.05) is 66.7 Å². The van der Waals surface area contributed by atoms with Gasteiger partial charge in [0.05, 0.1) is 11.1 Å². The summed E-state index contributed by atoms with van der Waals surface area (Å²) >= 11 is 0. The molecule has 1 aromatic carbocycles. The van der Waals surface area contributed by atoms with E-state index in [1.165, 1.54) is 0 Å². The normalized spacial score (nSPS) is 11.5. The third-order valence-corrected chi connectivity index (χ3v) is 5.53. The van der Waals surface area contributed by atoms with Crippen molar-refractivity contribution in [2.75, 3.05) is 0 Å². The maximum Gasteiger partial charge on any atom is 0.249 e. The minimum atomic E-state index is -0.751. The van der Waals surface area contributed by atoms with Crippen LogP contribution in [0.4, 0.5) is 0 Å². The second kappa shape index (κ2) is 10.4. The number of hydrogen-bond donors (Lipinski definition) is 3. The largest absolute Gasteiger partial charge is 0.366 e. The van der Waals surface area contributed by atoms with E-state index in [4.69, 9.17) is 17.2 Å². The standard InChI is InChI=1S/C23H37N3O3/c1-6-9-10-13-23(4,5)19-15(12-8-3)16(20(24)27)14(11-7-2)17(21(25)28)18(19)22(26)29/h6-13H2,1-5H3,(H2,24,27)(H2,25,28)(H2,26,29). The first-order chi connectivity index (χ1) is 13.5. The van der Waals surface area contributed by atoms with Crippen molar-refractivity contribution in [3.63, 3.8) is 0 Å². The Hall–Kier alpha value is -2.37. The van der Waals surface area contributed by atoms with Crippen LogP contribution in [0, 0.1) is 0 Å². The molecule has 0 bridgehead atoms. The lowest BCUT2D eigenvalue weighted by Crippen LogP contribution is -2.34. The van der Waals surface area contributed by atoms with E-state index in [0.717, 1.165) is 37.7 Å². The van der Waals surface area contributed by atoms with Crippen molar-refractivity contribution in [1.82, 2.24) is 0 Å². The number of nitrogens with two attached hydrogens (primary N) is 3. The number of hydrogen-bond acceptors (Lipinski definition) is 3. The highest BCUT2D eigenvalue weighted by atomic mass is 16.2.